The second-order valence-electron chi connectivity index (χ2n) is 4.30. The number of ether oxygens (including phenoxy) is 1. The summed E-state index contributed by atoms with van der Waals surface area (Å²) in [6.45, 7) is 4.02. The van der Waals surface area contributed by atoms with E-state index in [1.165, 1.54) is 0 Å². The van der Waals surface area contributed by atoms with Crippen molar-refractivity contribution in [3.05, 3.63) is 12.1 Å². The summed E-state index contributed by atoms with van der Waals surface area (Å²) in [7, 11) is 0. The van der Waals surface area contributed by atoms with Crippen LogP contribution in [0.15, 0.2) is 12.1 Å². The third-order valence-electron chi connectivity index (χ3n) is 2.09. The molecule has 1 heterocycles. The number of aromatic nitrogens is 2. The number of rotatable bonds is 7. The zero-order chi connectivity index (χ0) is 15.0. The largest absolute Gasteiger partial charge is 0.481 e. The molecule has 1 aromatic heterocycles. The van der Waals surface area contributed by atoms with Crippen LogP contribution in [-0.2, 0) is 4.79 Å². The maximum absolute atomic E-state index is 11.5. The fourth-order valence-electron chi connectivity index (χ4n) is 1.29. The molecule has 0 atom stereocenters. The number of carbonyl (C=O) groups excluding carboxylic acids is 1. The summed E-state index contributed by atoms with van der Waals surface area (Å²) in [5.41, 5.74) is 0. The fourth-order valence-corrected chi connectivity index (χ4v) is 1.29. The number of hydrogen-bond donors (Lipinski definition) is 3. The van der Waals surface area contributed by atoms with Gasteiger partial charge < -0.3 is 15.2 Å². The van der Waals surface area contributed by atoms with Crippen molar-refractivity contribution < 1.29 is 19.4 Å². The number of urea groups is 1. The van der Waals surface area contributed by atoms with Crippen LogP contribution in [0.2, 0.25) is 0 Å². The van der Waals surface area contributed by atoms with Gasteiger partial charge in [0.25, 0.3) is 0 Å². The number of carboxylic acids is 1. The zero-order valence-corrected chi connectivity index (χ0v) is 11.4. The van der Waals surface area contributed by atoms with Crippen LogP contribution in [0.4, 0.5) is 10.6 Å². The highest BCUT2D eigenvalue weighted by Crippen LogP contribution is 2.09. The van der Waals surface area contributed by atoms with Crippen LogP contribution < -0.4 is 15.4 Å². The van der Waals surface area contributed by atoms with Gasteiger partial charge in [0.1, 0.15) is 0 Å². The van der Waals surface area contributed by atoms with Gasteiger partial charge in [-0.25, -0.2) is 4.79 Å². The maximum atomic E-state index is 11.5. The number of nitrogens with one attached hydrogen (secondary N) is 2. The van der Waals surface area contributed by atoms with Crippen LogP contribution >= 0.6 is 0 Å². The van der Waals surface area contributed by atoms with E-state index in [1.54, 1.807) is 12.1 Å². The minimum Gasteiger partial charge on any atom is -0.481 e. The van der Waals surface area contributed by atoms with E-state index in [2.05, 4.69) is 20.8 Å². The summed E-state index contributed by atoms with van der Waals surface area (Å²) >= 11 is 0. The molecule has 0 fully saturated rings. The lowest BCUT2D eigenvalue weighted by atomic mass is 10.3. The van der Waals surface area contributed by atoms with Crippen LogP contribution in [0.5, 0.6) is 5.88 Å². The van der Waals surface area contributed by atoms with Gasteiger partial charge in [-0.1, -0.05) is 0 Å². The molecule has 110 valence electrons. The molecule has 0 spiro atoms. The lowest BCUT2D eigenvalue weighted by molar-refractivity contribution is -0.137. The molecule has 0 aliphatic rings. The molecule has 0 aromatic carbocycles. The minimum absolute atomic E-state index is 0.000595. The highest BCUT2D eigenvalue weighted by molar-refractivity contribution is 5.88. The Balaban J connectivity index is 2.32. The summed E-state index contributed by atoms with van der Waals surface area (Å²) in [4.78, 5) is 21.7. The van der Waals surface area contributed by atoms with Crippen molar-refractivity contribution in [3.8, 4) is 5.88 Å². The lowest BCUT2D eigenvalue weighted by Gasteiger charge is -2.09. The van der Waals surface area contributed by atoms with E-state index in [9.17, 15) is 9.59 Å². The molecule has 0 unspecified atom stereocenters. The van der Waals surface area contributed by atoms with Gasteiger partial charge in [0.05, 0.1) is 6.10 Å². The Kier molecular flexibility index (Phi) is 6.21. The van der Waals surface area contributed by atoms with E-state index >= 15 is 0 Å². The number of hydrogen-bond acceptors (Lipinski definition) is 5. The van der Waals surface area contributed by atoms with E-state index in [4.69, 9.17) is 9.84 Å². The van der Waals surface area contributed by atoms with E-state index in [-0.39, 0.29) is 24.9 Å². The molecule has 0 saturated carbocycles. The average Bonchev–Trinajstić information content (AvgIpc) is 2.36. The molecule has 1 aromatic rings. The molecule has 2 amide bonds. The SMILES string of the molecule is CC(C)Oc1ccc(NC(=O)NCCCC(=O)O)nn1. The van der Waals surface area contributed by atoms with Gasteiger partial charge >= 0.3 is 12.0 Å². The highest BCUT2D eigenvalue weighted by atomic mass is 16.5. The van der Waals surface area contributed by atoms with Crippen molar-refractivity contribution in [2.75, 3.05) is 11.9 Å². The number of aliphatic carboxylic acids is 1. The molecule has 8 nitrogen and oxygen atoms in total. The molecule has 8 heteroatoms. The summed E-state index contributed by atoms with van der Waals surface area (Å²) < 4.78 is 5.32. The van der Waals surface area contributed by atoms with Crippen molar-refractivity contribution in [2.45, 2.75) is 32.8 Å². The van der Waals surface area contributed by atoms with Crippen LogP contribution in [0, 0.1) is 0 Å². The smallest absolute Gasteiger partial charge is 0.320 e. The normalized spacial score (nSPS) is 10.2. The molecule has 0 radical (unpaired) electrons. The first kappa shape index (κ1) is 15.7. The second kappa shape index (κ2) is 7.93. The number of carboxylic acid groups (broad SMARTS) is 1. The Hall–Kier alpha value is -2.38. The molecule has 20 heavy (non-hydrogen) atoms. The monoisotopic (exact) mass is 282 g/mol. The second-order valence-corrected chi connectivity index (χ2v) is 4.30. The summed E-state index contributed by atoms with van der Waals surface area (Å²) in [6, 6.07) is 2.72. The first-order chi connectivity index (χ1) is 9.47. The molecular formula is C12H18N4O4. The van der Waals surface area contributed by atoms with Gasteiger partial charge in [-0.15, -0.1) is 10.2 Å². The van der Waals surface area contributed by atoms with Crippen LogP contribution in [0.1, 0.15) is 26.7 Å². The van der Waals surface area contributed by atoms with E-state index in [1.807, 2.05) is 13.8 Å². The van der Waals surface area contributed by atoms with Gasteiger partial charge in [0.2, 0.25) is 5.88 Å². The number of anilines is 1. The van der Waals surface area contributed by atoms with Gasteiger partial charge in [0.15, 0.2) is 5.82 Å². The fraction of sp³-hybridized carbons (Fsp3) is 0.500. The van der Waals surface area contributed by atoms with Crippen molar-refractivity contribution in [1.82, 2.24) is 15.5 Å². The summed E-state index contributed by atoms with van der Waals surface area (Å²) in [5, 5.41) is 21.0. The van der Waals surface area contributed by atoms with Crippen molar-refractivity contribution in [3.63, 3.8) is 0 Å². The lowest BCUT2D eigenvalue weighted by Crippen LogP contribution is -2.30. The van der Waals surface area contributed by atoms with Gasteiger partial charge in [-0.2, -0.15) is 0 Å². The van der Waals surface area contributed by atoms with Gasteiger partial charge in [-0.3, -0.25) is 10.1 Å². The first-order valence-electron chi connectivity index (χ1n) is 6.24. The Bertz CT molecular complexity index is 447. The third-order valence-corrected chi connectivity index (χ3v) is 2.09. The molecule has 3 N–H and O–H groups in total. The summed E-state index contributed by atoms with van der Waals surface area (Å²) in [5.74, 6) is -0.219. The molecule has 0 aliphatic carbocycles. The number of carbonyl (C=O) groups is 2. The van der Waals surface area contributed by atoms with E-state index in [0.29, 0.717) is 12.3 Å². The van der Waals surface area contributed by atoms with Crippen molar-refractivity contribution >= 4 is 17.8 Å². The molecule has 1 rings (SSSR count). The van der Waals surface area contributed by atoms with Crippen LogP contribution in [0.25, 0.3) is 0 Å². The first-order valence-corrected chi connectivity index (χ1v) is 6.24. The average molecular weight is 282 g/mol. The van der Waals surface area contributed by atoms with E-state index in [0.717, 1.165) is 0 Å². The van der Waals surface area contributed by atoms with Crippen molar-refractivity contribution in [1.29, 1.82) is 0 Å². The Labute approximate surface area is 116 Å². The standard InChI is InChI=1S/C12H18N4O4/c1-8(2)20-10-6-5-9(15-16-10)14-12(19)13-7-3-4-11(17)18/h5-6,8H,3-4,7H2,1-2H3,(H,17,18)(H2,13,14,15,19). The predicted molar refractivity (Wildman–Crippen MR) is 71.7 cm³/mol. The Morgan fingerprint density at radius 3 is 2.65 bits per heavy atom. The maximum Gasteiger partial charge on any atom is 0.320 e. The summed E-state index contributed by atoms with van der Waals surface area (Å²) in [6.07, 6.45) is 0.386. The zero-order valence-electron chi connectivity index (χ0n) is 11.4. The number of nitrogens with zero attached hydrogens (tertiary/aromatic N) is 2. The van der Waals surface area contributed by atoms with Crippen LogP contribution in [-0.4, -0.2) is 40.0 Å². The molecule has 0 bridgehead atoms. The molecular weight excluding hydrogens is 264 g/mol. The van der Waals surface area contributed by atoms with Gasteiger partial charge in [0, 0.05) is 19.0 Å². The van der Waals surface area contributed by atoms with E-state index < -0.39 is 12.0 Å². The van der Waals surface area contributed by atoms with Gasteiger partial charge in [-0.05, 0) is 26.3 Å². The highest BCUT2D eigenvalue weighted by Gasteiger charge is 2.05. The molecule has 0 saturated heterocycles. The predicted octanol–water partition coefficient (Wildman–Crippen LogP) is 1.25. The Morgan fingerprint density at radius 1 is 1.35 bits per heavy atom. The van der Waals surface area contributed by atoms with Crippen LogP contribution in [0.3, 0.4) is 0 Å². The van der Waals surface area contributed by atoms with Crippen molar-refractivity contribution in [2.24, 2.45) is 0 Å². The Morgan fingerprint density at radius 2 is 2.10 bits per heavy atom. The topological polar surface area (TPSA) is 113 Å². The quantitative estimate of drug-likeness (QED) is 0.648. The third kappa shape index (κ3) is 6.53. The molecule has 0 aliphatic heterocycles. The minimum atomic E-state index is -0.890. The number of amides is 2.